The van der Waals surface area contributed by atoms with Crippen LogP contribution in [0.15, 0.2) is 53.0 Å². The first-order valence-corrected chi connectivity index (χ1v) is 7.87. The Kier molecular flexibility index (Phi) is 4.18. The van der Waals surface area contributed by atoms with Gasteiger partial charge < -0.3 is 5.32 Å². The third-order valence-corrected chi connectivity index (χ3v) is 4.45. The highest BCUT2D eigenvalue weighted by Crippen LogP contribution is 2.31. The minimum absolute atomic E-state index is 0.103. The van der Waals surface area contributed by atoms with E-state index in [9.17, 15) is 9.59 Å². The molecule has 22 heavy (non-hydrogen) atoms. The van der Waals surface area contributed by atoms with Crippen molar-refractivity contribution in [1.82, 2.24) is 0 Å². The van der Waals surface area contributed by atoms with Gasteiger partial charge in [-0.15, -0.1) is 0 Å². The second kappa shape index (κ2) is 6.10. The minimum atomic E-state index is -0.595. The zero-order chi connectivity index (χ0) is 15.7. The van der Waals surface area contributed by atoms with E-state index in [-0.39, 0.29) is 18.2 Å². The average Bonchev–Trinajstić information content (AvgIpc) is 2.77. The predicted molar refractivity (Wildman–Crippen MR) is 90.1 cm³/mol. The van der Waals surface area contributed by atoms with Gasteiger partial charge in [0.05, 0.1) is 17.1 Å². The molecular formula is C16H12BrClN2O2. The normalized spacial score (nSPS) is 17.9. The summed E-state index contributed by atoms with van der Waals surface area (Å²) in [5.74, 6) is -0.559. The Balaban J connectivity index is 1.86. The van der Waals surface area contributed by atoms with E-state index >= 15 is 0 Å². The van der Waals surface area contributed by atoms with Gasteiger partial charge in [-0.05, 0) is 40.2 Å². The van der Waals surface area contributed by atoms with Crippen molar-refractivity contribution in [2.75, 3.05) is 10.2 Å². The molecule has 3 rings (SSSR count). The van der Waals surface area contributed by atoms with Crippen LogP contribution in [0, 0.1) is 0 Å². The molecule has 1 atom stereocenters. The molecule has 1 fully saturated rings. The number of benzene rings is 2. The number of carbonyl (C=O) groups is 2. The van der Waals surface area contributed by atoms with Crippen molar-refractivity contribution in [2.24, 2.45) is 0 Å². The van der Waals surface area contributed by atoms with Gasteiger partial charge in [-0.3, -0.25) is 9.59 Å². The smallest absolute Gasteiger partial charge is 0.256 e. The van der Waals surface area contributed by atoms with Crippen LogP contribution >= 0.6 is 27.5 Å². The van der Waals surface area contributed by atoms with Gasteiger partial charge in [-0.25, -0.2) is 4.90 Å². The highest BCUT2D eigenvalue weighted by atomic mass is 79.9. The van der Waals surface area contributed by atoms with Crippen molar-refractivity contribution >= 4 is 50.7 Å². The molecule has 0 spiro atoms. The monoisotopic (exact) mass is 378 g/mol. The van der Waals surface area contributed by atoms with Crippen LogP contribution in [-0.2, 0) is 9.59 Å². The number of rotatable bonds is 3. The van der Waals surface area contributed by atoms with E-state index in [0.717, 1.165) is 15.1 Å². The predicted octanol–water partition coefficient (Wildman–Crippen LogP) is 3.85. The zero-order valence-electron chi connectivity index (χ0n) is 11.4. The lowest BCUT2D eigenvalue weighted by molar-refractivity contribution is -0.121. The number of carbonyl (C=O) groups excluding carboxylic acids is 2. The first kappa shape index (κ1) is 15.1. The number of nitrogens with one attached hydrogen (secondary N) is 1. The van der Waals surface area contributed by atoms with Crippen LogP contribution < -0.4 is 10.2 Å². The maximum atomic E-state index is 12.6. The largest absolute Gasteiger partial charge is 0.372 e. The van der Waals surface area contributed by atoms with Gasteiger partial charge in [0.1, 0.15) is 6.04 Å². The summed E-state index contributed by atoms with van der Waals surface area (Å²) in [6.07, 6.45) is 0.103. The molecule has 1 heterocycles. The van der Waals surface area contributed by atoms with Crippen LogP contribution in [0.5, 0.6) is 0 Å². The lowest BCUT2D eigenvalue weighted by Gasteiger charge is -2.17. The first-order chi connectivity index (χ1) is 10.6. The van der Waals surface area contributed by atoms with E-state index in [1.54, 1.807) is 24.3 Å². The minimum Gasteiger partial charge on any atom is -0.372 e. The van der Waals surface area contributed by atoms with Crippen molar-refractivity contribution in [2.45, 2.75) is 12.5 Å². The summed E-state index contributed by atoms with van der Waals surface area (Å²) < 4.78 is 0.839. The molecule has 2 aromatic carbocycles. The Morgan fingerprint density at radius 2 is 1.77 bits per heavy atom. The molecule has 1 unspecified atom stereocenters. The van der Waals surface area contributed by atoms with E-state index < -0.39 is 6.04 Å². The van der Waals surface area contributed by atoms with Crippen LogP contribution in [0.25, 0.3) is 0 Å². The van der Waals surface area contributed by atoms with Gasteiger partial charge >= 0.3 is 0 Å². The van der Waals surface area contributed by atoms with Crippen molar-refractivity contribution in [1.29, 1.82) is 0 Å². The van der Waals surface area contributed by atoms with Crippen LogP contribution in [-0.4, -0.2) is 17.9 Å². The topological polar surface area (TPSA) is 49.4 Å². The number of para-hydroxylation sites is 2. The molecule has 0 aromatic heterocycles. The second-order valence-corrected chi connectivity index (χ2v) is 6.16. The van der Waals surface area contributed by atoms with Crippen LogP contribution in [0.1, 0.15) is 6.42 Å². The molecule has 6 heteroatoms. The molecular weight excluding hydrogens is 368 g/mol. The number of hydrogen-bond acceptors (Lipinski definition) is 3. The number of imide groups is 1. The summed E-state index contributed by atoms with van der Waals surface area (Å²) in [6.45, 7) is 0. The Labute approximate surface area is 141 Å². The number of nitrogens with zero attached hydrogens (tertiary/aromatic N) is 1. The Bertz CT molecular complexity index is 750. The maximum absolute atomic E-state index is 12.6. The Hall–Kier alpha value is -1.85. The van der Waals surface area contributed by atoms with E-state index in [0.29, 0.717) is 10.7 Å². The van der Waals surface area contributed by atoms with Crippen LogP contribution in [0.2, 0.25) is 5.02 Å². The van der Waals surface area contributed by atoms with Gasteiger partial charge in [-0.2, -0.15) is 0 Å². The molecule has 4 nitrogen and oxygen atoms in total. The van der Waals surface area contributed by atoms with Gasteiger partial charge in [0.25, 0.3) is 5.91 Å². The van der Waals surface area contributed by atoms with Crippen molar-refractivity contribution in [3.8, 4) is 0 Å². The molecule has 0 aliphatic carbocycles. The standard InChI is InChI=1S/C16H12BrClN2O2/c17-10-5-1-3-7-12(10)19-13-9-15(21)20(16(13)22)14-8-4-2-6-11(14)18/h1-8,13,19H,9H2. The fourth-order valence-corrected chi connectivity index (χ4v) is 3.02. The SMILES string of the molecule is O=C1CC(Nc2ccccc2Br)C(=O)N1c1ccccc1Cl. The summed E-state index contributed by atoms with van der Waals surface area (Å²) >= 11 is 9.51. The van der Waals surface area contributed by atoms with Gasteiger partial charge in [0.15, 0.2) is 0 Å². The molecule has 2 aromatic rings. The van der Waals surface area contributed by atoms with E-state index in [1.807, 2.05) is 24.3 Å². The highest BCUT2D eigenvalue weighted by molar-refractivity contribution is 9.10. The lowest BCUT2D eigenvalue weighted by Crippen LogP contribution is -2.35. The molecule has 1 aliphatic heterocycles. The van der Waals surface area contributed by atoms with Crippen molar-refractivity contribution in [3.05, 3.63) is 58.0 Å². The molecule has 1 N–H and O–H groups in total. The number of anilines is 2. The van der Waals surface area contributed by atoms with Gasteiger partial charge in [-0.1, -0.05) is 35.9 Å². The maximum Gasteiger partial charge on any atom is 0.256 e. The average molecular weight is 380 g/mol. The molecule has 0 saturated carbocycles. The summed E-state index contributed by atoms with van der Waals surface area (Å²) in [5, 5.41) is 3.49. The van der Waals surface area contributed by atoms with E-state index in [1.165, 1.54) is 0 Å². The summed E-state index contributed by atoms with van der Waals surface area (Å²) in [4.78, 5) is 25.9. The van der Waals surface area contributed by atoms with Crippen LogP contribution in [0.3, 0.4) is 0 Å². The first-order valence-electron chi connectivity index (χ1n) is 6.70. The zero-order valence-corrected chi connectivity index (χ0v) is 13.8. The molecule has 2 amide bonds. The molecule has 112 valence electrons. The summed E-state index contributed by atoms with van der Waals surface area (Å²) in [6, 6.07) is 13.7. The van der Waals surface area contributed by atoms with Gasteiger partial charge in [0, 0.05) is 10.2 Å². The molecule has 0 radical (unpaired) electrons. The highest BCUT2D eigenvalue weighted by Gasteiger charge is 2.40. The van der Waals surface area contributed by atoms with Gasteiger partial charge in [0.2, 0.25) is 5.91 Å². The third kappa shape index (κ3) is 2.74. The fourth-order valence-electron chi connectivity index (χ4n) is 2.40. The lowest BCUT2D eigenvalue weighted by atomic mass is 10.2. The molecule has 1 aliphatic rings. The van der Waals surface area contributed by atoms with E-state index in [2.05, 4.69) is 21.2 Å². The van der Waals surface area contributed by atoms with Crippen molar-refractivity contribution in [3.63, 3.8) is 0 Å². The quantitative estimate of drug-likeness (QED) is 0.824. The van der Waals surface area contributed by atoms with Crippen LogP contribution in [0.4, 0.5) is 11.4 Å². The Morgan fingerprint density at radius 1 is 1.09 bits per heavy atom. The Morgan fingerprint density at radius 3 is 2.50 bits per heavy atom. The molecule has 1 saturated heterocycles. The van der Waals surface area contributed by atoms with Crippen molar-refractivity contribution < 1.29 is 9.59 Å². The fraction of sp³-hybridized carbons (Fsp3) is 0.125. The summed E-state index contributed by atoms with van der Waals surface area (Å²) in [5.41, 5.74) is 1.20. The summed E-state index contributed by atoms with van der Waals surface area (Å²) in [7, 11) is 0. The number of halogens is 2. The third-order valence-electron chi connectivity index (χ3n) is 3.44. The van der Waals surface area contributed by atoms with E-state index in [4.69, 9.17) is 11.6 Å². The second-order valence-electron chi connectivity index (χ2n) is 4.90. The number of hydrogen-bond donors (Lipinski definition) is 1. The number of amides is 2. The molecule has 0 bridgehead atoms.